The Labute approximate surface area is 101 Å². The average molecular weight is 284 g/mol. The minimum absolute atomic E-state index is 0.0714. The molecule has 0 saturated heterocycles. The highest BCUT2D eigenvalue weighted by atomic mass is 79.9. The Morgan fingerprint density at radius 3 is 2.81 bits per heavy atom. The van der Waals surface area contributed by atoms with E-state index >= 15 is 0 Å². The molecule has 0 atom stereocenters. The first-order chi connectivity index (χ1) is 7.61. The van der Waals surface area contributed by atoms with Gasteiger partial charge in [0.1, 0.15) is 5.82 Å². The Morgan fingerprint density at radius 2 is 2.12 bits per heavy atom. The van der Waals surface area contributed by atoms with E-state index in [0.717, 1.165) is 18.5 Å². The van der Waals surface area contributed by atoms with Gasteiger partial charge >= 0.3 is 0 Å². The lowest BCUT2D eigenvalue weighted by Crippen LogP contribution is -2.05. The van der Waals surface area contributed by atoms with Gasteiger partial charge in [0.05, 0.1) is 9.99 Å². The molecule has 1 aromatic carbocycles. The Hall–Kier alpha value is -1.16. The fraction of sp³-hybridized carbons (Fsp3) is 0.250. The van der Waals surface area contributed by atoms with E-state index in [2.05, 4.69) is 20.9 Å². The maximum atomic E-state index is 13.3. The molecule has 0 bridgehead atoms. The van der Waals surface area contributed by atoms with Gasteiger partial charge in [-0.15, -0.1) is 0 Å². The predicted octanol–water partition coefficient (Wildman–Crippen LogP) is 3.38. The number of aromatic amines is 1. The van der Waals surface area contributed by atoms with Crippen LogP contribution in [0.25, 0.3) is 10.9 Å². The van der Waals surface area contributed by atoms with E-state index in [9.17, 15) is 9.18 Å². The highest BCUT2D eigenvalue weighted by Crippen LogP contribution is 2.20. The van der Waals surface area contributed by atoms with Gasteiger partial charge < -0.3 is 4.98 Å². The van der Waals surface area contributed by atoms with Crippen LogP contribution in [0.3, 0.4) is 0 Å². The lowest BCUT2D eigenvalue weighted by Gasteiger charge is -2.04. The summed E-state index contributed by atoms with van der Waals surface area (Å²) in [6, 6.07) is 4.44. The van der Waals surface area contributed by atoms with Gasteiger partial charge in [-0.25, -0.2) is 4.39 Å². The van der Waals surface area contributed by atoms with Gasteiger partial charge in [0, 0.05) is 17.1 Å². The third kappa shape index (κ3) is 2.02. The van der Waals surface area contributed by atoms with Crippen LogP contribution in [-0.4, -0.2) is 4.98 Å². The van der Waals surface area contributed by atoms with Crippen LogP contribution in [0.15, 0.2) is 27.5 Å². The zero-order valence-corrected chi connectivity index (χ0v) is 10.4. The van der Waals surface area contributed by atoms with Crippen molar-refractivity contribution in [3.63, 3.8) is 0 Å². The van der Waals surface area contributed by atoms with E-state index in [4.69, 9.17) is 0 Å². The molecule has 0 aliphatic carbocycles. The van der Waals surface area contributed by atoms with E-state index in [0.29, 0.717) is 15.4 Å². The summed E-state index contributed by atoms with van der Waals surface area (Å²) in [7, 11) is 0. The Kier molecular flexibility index (Phi) is 3.10. The summed E-state index contributed by atoms with van der Waals surface area (Å²) >= 11 is 3.07. The number of hydrogen-bond donors (Lipinski definition) is 1. The van der Waals surface area contributed by atoms with Gasteiger partial charge in [-0.05, 0) is 34.5 Å². The van der Waals surface area contributed by atoms with E-state index < -0.39 is 0 Å². The smallest absolute Gasteiger partial charge is 0.189 e. The number of fused-ring (bicyclic) bond motifs is 1. The highest BCUT2D eigenvalue weighted by molar-refractivity contribution is 9.10. The molecular formula is C12H11BrFNO. The molecule has 2 nitrogen and oxygen atoms in total. The van der Waals surface area contributed by atoms with E-state index in [1.54, 1.807) is 6.07 Å². The van der Waals surface area contributed by atoms with Crippen molar-refractivity contribution in [2.75, 3.05) is 0 Å². The largest absolute Gasteiger partial charge is 0.358 e. The first kappa shape index (κ1) is 11.3. The number of nitrogens with one attached hydrogen (secondary N) is 1. The number of aryl methyl sites for hydroxylation is 1. The molecule has 1 N–H and O–H groups in total. The van der Waals surface area contributed by atoms with Crippen LogP contribution in [0, 0.1) is 5.82 Å². The van der Waals surface area contributed by atoms with Gasteiger partial charge in [-0.2, -0.15) is 0 Å². The maximum absolute atomic E-state index is 13.3. The van der Waals surface area contributed by atoms with Crippen molar-refractivity contribution in [1.82, 2.24) is 4.98 Å². The first-order valence-corrected chi connectivity index (χ1v) is 5.92. The molecule has 0 amide bonds. The van der Waals surface area contributed by atoms with Crippen LogP contribution in [-0.2, 0) is 6.42 Å². The first-order valence-electron chi connectivity index (χ1n) is 5.12. The molecule has 0 spiro atoms. The summed E-state index contributed by atoms with van der Waals surface area (Å²) in [5, 5.41) is 0.508. The molecule has 1 heterocycles. The Morgan fingerprint density at radius 1 is 1.38 bits per heavy atom. The van der Waals surface area contributed by atoms with Crippen molar-refractivity contribution in [3.05, 3.63) is 44.4 Å². The number of halogens is 2. The number of rotatable bonds is 2. The Bertz CT molecular complexity index is 591. The standard InChI is InChI=1S/C12H11BrFNO/c1-2-3-7-4-12(16)8-5-9(13)10(14)6-11(8)15-7/h4-6H,2-3H2,1H3,(H,15,16). The monoisotopic (exact) mass is 283 g/mol. The lowest BCUT2D eigenvalue weighted by molar-refractivity contribution is 0.622. The molecule has 0 saturated carbocycles. The Balaban J connectivity index is 2.72. The van der Waals surface area contributed by atoms with Crippen LogP contribution in [0.5, 0.6) is 0 Å². The van der Waals surface area contributed by atoms with E-state index in [1.807, 2.05) is 6.92 Å². The van der Waals surface area contributed by atoms with Crippen molar-refractivity contribution in [2.24, 2.45) is 0 Å². The van der Waals surface area contributed by atoms with Crippen molar-refractivity contribution in [3.8, 4) is 0 Å². The summed E-state index contributed by atoms with van der Waals surface area (Å²) in [4.78, 5) is 14.9. The van der Waals surface area contributed by atoms with E-state index in [1.165, 1.54) is 12.1 Å². The second kappa shape index (κ2) is 4.37. The predicted molar refractivity (Wildman–Crippen MR) is 66.2 cm³/mol. The molecule has 84 valence electrons. The van der Waals surface area contributed by atoms with Crippen LogP contribution < -0.4 is 5.43 Å². The molecule has 0 aliphatic heterocycles. The van der Waals surface area contributed by atoms with Gasteiger partial charge in [0.25, 0.3) is 0 Å². The molecule has 0 radical (unpaired) electrons. The summed E-state index contributed by atoms with van der Waals surface area (Å²) in [6.45, 7) is 2.03. The number of pyridine rings is 1. The van der Waals surface area contributed by atoms with Gasteiger partial charge in [-0.3, -0.25) is 4.79 Å². The summed E-state index contributed by atoms with van der Waals surface area (Å²) in [6.07, 6.45) is 1.74. The lowest BCUT2D eigenvalue weighted by atomic mass is 10.1. The maximum Gasteiger partial charge on any atom is 0.189 e. The zero-order chi connectivity index (χ0) is 11.7. The second-order valence-electron chi connectivity index (χ2n) is 3.72. The topological polar surface area (TPSA) is 32.9 Å². The molecule has 1 aromatic heterocycles. The van der Waals surface area contributed by atoms with Gasteiger partial charge in [0.15, 0.2) is 5.43 Å². The normalized spacial score (nSPS) is 10.9. The van der Waals surface area contributed by atoms with Crippen molar-refractivity contribution in [1.29, 1.82) is 0 Å². The van der Waals surface area contributed by atoms with Crippen molar-refractivity contribution < 1.29 is 4.39 Å². The summed E-state index contributed by atoms with van der Waals surface area (Å²) < 4.78 is 13.6. The fourth-order valence-corrected chi connectivity index (χ4v) is 2.05. The number of benzene rings is 1. The molecule has 0 unspecified atom stereocenters. The fourth-order valence-electron chi connectivity index (χ4n) is 1.70. The quantitative estimate of drug-likeness (QED) is 0.901. The number of aromatic nitrogens is 1. The third-order valence-electron chi connectivity index (χ3n) is 2.45. The molecular weight excluding hydrogens is 273 g/mol. The van der Waals surface area contributed by atoms with Crippen LogP contribution in [0.4, 0.5) is 4.39 Å². The number of H-pyrrole nitrogens is 1. The van der Waals surface area contributed by atoms with Crippen LogP contribution in [0.1, 0.15) is 19.0 Å². The van der Waals surface area contributed by atoms with Crippen molar-refractivity contribution >= 4 is 26.8 Å². The third-order valence-corrected chi connectivity index (χ3v) is 3.05. The second-order valence-corrected chi connectivity index (χ2v) is 4.58. The van der Waals surface area contributed by atoms with Gasteiger partial charge in [-0.1, -0.05) is 13.3 Å². The van der Waals surface area contributed by atoms with Gasteiger partial charge in [0.2, 0.25) is 0 Å². The SMILES string of the molecule is CCCc1cc(=O)c2cc(Br)c(F)cc2[nH]1. The summed E-state index contributed by atoms with van der Waals surface area (Å²) in [5.41, 5.74) is 1.33. The molecule has 0 aliphatic rings. The summed E-state index contributed by atoms with van der Waals surface area (Å²) in [5.74, 6) is -0.364. The zero-order valence-electron chi connectivity index (χ0n) is 8.81. The molecule has 2 aromatic rings. The minimum atomic E-state index is -0.364. The molecule has 4 heteroatoms. The van der Waals surface area contributed by atoms with Crippen LogP contribution in [0.2, 0.25) is 0 Å². The molecule has 2 rings (SSSR count). The van der Waals surface area contributed by atoms with Crippen LogP contribution >= 0.6 is 15.9 Å². The molecule has 0 fully saturated rings. The average Bonchev–Trinajstić information content (AvgIpc) is 2.22. The minimum Gasteiger partial charge on any atom is -0.358 e. The molecule has 16 heavy (non-hydrogen) atoms. The van der Waals surface area contributed by atoms with E-state index in [-0.39, 0.29) is 11.2 Å². The number of hydrogen-bond acceptors (Lipinski definition) is 1. The van der Waals surface area contributed by atoms with Crippen molar-refractivity contribution in [2.45, 2.75) is 19.8 Å². The highest BCUT2D eigenvalue weighted by Gasteiger charge is 2.06.